The Balaban J connectivity index is 1.69. The Morgan fingerprint density at radius 2 is 2.00 bits per heavy atom. The van der Waals surface area contributed by atoms with E-state index in [1.807, 2.05) is 24.3 Å². The number of carbonyl (C=O) groups is 2. The summed E-state index contributed by atoms with van der Waals surface area (Å²) in [6.07, 6.45) is 0. The van der Waals surface area contributed by atoms with Crippen molar-refractivity contribution in [3.05, 3.63) is 35.2 Å². The van der Waals surface area contributed by atoms with E-state index in [-0.39, 0.29) is 4.88 Å². The first-order valence-electron chi connectivity index (χ1n) is 8.56. The highest BCUT2D eigenvalue weighted by Gasteiger charge is 2.16. The predicted molar refractivity (Wildman–Crippen MR) is 104 cm³/mol. The second-order valence-corrected chi connectivity index (χ2v) is 7.09. The number of benzene rings is 1. The van der Waals surface area contributed by atoms with Gasteiger partial charge in [-0.05, 0) is 23.8 Å². The maximum Gasteiger partial charge on any atom is 0.316 e. The molecule has 1 aliphatic rings. The zero-order valence-corrected chi connectivity index (χ0v) is 15.6. The Labute approximate surface area is 161 Å². The molecule has 5 N–H and O–H groups in total. The van der Waals surface area contributed by atoms with Gasteiger partial charge in [0.25, 0.3) is 5.91 Å². The largest absolute Gasteiger partial charge is 0.492 e. The maximum atomic E-state index is 11.6. The fraction of sp³-hybridized carbons (Fsp3) is 0.333. The van der Waals surface area contributed by atoms with E-state index in [9.17, 15) is 9.59 Å². The van der Waals surface area contributed by atoms with Gasteiger partial charge in [0, 0.05) is 24.5 Å². The topological polar surface area (TPSA) is 120 Å². The third-order valence-electron chi connectivity index (χ3n) is 4.11. The lowest BCUT2D eigenvalue weighted by atomic mass is 10.1. The number of nitrogens with one attached hydrogen (secondary N) is 1. The summed E-state index contributed by atoms with van der Waals surface area (Å²) in [4.78, 5) is 26.1. The van der Waals surface area contributed by atoms with Gasteiger partial charge in [-0.25, -0.2) is 4.79 Å². The van der Waals surface area contributed by atoms with Gasteiger partial charge in [-0.1, -0.05) is 12.1 Å². The molecule has 0 unspecified atom stereocenters. The van der Waals surface area contributed by atoms with Crippen LogP contribution in [-0.2, 0) is 4.74 Å². The van der Waals surface area contributed by atoms with Crippen LogP contribution in [0, 0.1) is 0 Å². The quantitative estimate of drug-likeness (QED) is 0.665. The van der Waals surface area contributed by atoms with Crippen LogP contribution in [0.4, 0.5) is 10.5 Å². The van der Waals surface area contributed by atoms with Gasteiger partial charge < -0.3 is 26.3 Å². The van der Waals surface area contributed by atoms with Crippen molar-refractivity contribution in [2.75, 3.05) is 44.8 Å². The number of hydrogen-bond donors (Lipinski definition) is 3. The van der Waals surface area contributed by atoms with E-state index in [2.05, 4.69) is 10.2 Å². The summed E-state index contributed by atoms with van der Waals surface area (Å²) >= 11 is 1.20. The van der Waals surface area contributed by atoms with Gasteiger partial charge >= 0.3 is 6.03 Å². The van der Waals surface area contributed by atoms with Gasteiger partial charge in [0.1, 0.15) is 17.2 Å². The summed E-state index contributed by atoms with van der Waals surface area (Å²) in [6, 6.07) is 8.49. The number of amides is 3. The minimum atomic E-state index is -0.748. The Morgan fingerprint density at radius 1 is 1.22 bits per heavy atom. The van der Waals surface area contributed by atoms with Crippen molar-refractivity contribution in [1.29, 1.82) is 0 Å². The standard InChI is InChI=1S/C18H22N4O4S/c19-17(23)16-14(21-18(20)24)11-15(27-16)12-2-1-3-13(10-12)26-9-6-22-4-7-25-8-5-22/h1-3,10-11H,4-9H2,(H2,19,23)(H3,20,21,24). The molecule has 3 amide bonds. The molecule has 0 atom stereocenters. The lowest BCUT2D eigenvalue weighted by molar-refractivity contribution is 0.0322. The fourth-order valence-corrected chi connectivity index (χ4v) is 3.76. The first kappa shape index (κ1) is 19.2. The molecule has 1 saturated heterocycles. The Kier molecular flexibility index (Phi) is 6.28. The third kappa shape index (κ3) is 5.19. The SMILES string of the molecule is NC(=O)Nc1cc(-c2cccc(OCCN3CCOCC3)c2)sc1C(N)=O. The second kappa shape index (κ2) is 8.85. The van der Waals surface area contributed by atoms with E-state index in [4.69, 9.17) is 20.9 Å². The van der Waals surface area contributed by atoms with Gasteiger partial charge in [-0.2, -0.15) is 0 Å². The average Bonchev–Trinajstić information content (AvgIpc) is 3.06. The number of nitrogens with zero attached hydrogens (tertiary/aromatic N) is 1. The van der Waals surface area contributed by atoms with Crippen molar-refractivity contribution >= 4 is 29.0 Å². The van der Waals surface area contributed by atoms with Crippen molar-refractivity contribution in [2.45, 2.75) is 0 Å². The van der Waals surface area contributed by atoms with E-state index in [1.165, 1.54) is 11.3 Å². The lowest BCUT2D eigenvalue weighted by Gasteiger charge is -2.26. The number of hydrogen-bond acceptors (Lipinski definition) is 6. The highest BCUT2D eigenvalue weighted by molar-refractivity contribution is 7.18. The van der Waals surface area contributed by atoms with Crippen molar-refractivity contribution in [2.24, 2.45) is 11.5 Å². The van der Waals surface area contributed by atoms with Crippen LogP contribution < -0.4 is 21.5 Å². The average molecular weight is 390 g/mol. The molecule has 1 aromatic carbocycles. The summed E-state index contributed by atoms with van der Waals surface area (Å²) in [5.41, 5.74) is 11.7. The molecule has 1 aromatic heterocycles. The number of urea groups is 1. The van der Waals surface area contributed by atoms with E-state index in [0.717, 1.165) is 49.0 Å². The lowest BCUT2D eigenvalue weighted by Crippen LogP contribution is -2.38. The van der Waals surface area contributed by atoms with Crippen LogP contribution in [0.15, 0.2) is 30.3 Å². The Hall–Kier alpha value is -2.62. The minimum absolute atomic E-state index is 0.252. The van der Waals surface area contributed by atoms with Crippen molar-refractivity contribution in [3.63, 3.8) is 0 Å². The van der Waals surface area contributed by atoms with Gasteiger partial charge in [0.2, 0.25) is 0 Å². The Bertz CT molecular complexity index is 817. The summed E-state index contributed by atoms with van der Waals surface area (Å²) in [5.74, 6) is 0.118. The molecule has 2 heterocycles. The van der Waals surface area contributed by atoms with Gasteiger partial charge in [-0.3, -0.25) is 9.69 Å². The summed E-state index contributed by atoms with van der Waals surface area (Å²) in [6.45, 7) is 4.78. The molecule has 144 valence electrons. The first-order valence-corrected chi connectivity index (χ1v) is 9.38. The monoisotopic (exact) mass is 390 g/mol. The van der Waals surface area contributed by atoms with Gasteiger partial charge in [0.05, 0.1) is 18.9 Å². The second-order valence-electron chi connectivity index (χ2n) is 6.04. The smallest absolute Gasteiger partial charge is 0.316 e. The number of primary amides is 2. The van der Waals surface area contributed by atoms with Crippen LogP contribution in [0.2, 0.25) is 0 Å². The van der Waals surface area contributed by atoms with Crippen LogP contribution >= 0.6 is 11.3 Å². The van der Waals surface area contributed by atoms with E-state index >= 15 is 0 Å². The van der Waals surface area contributed by atoms with Crippen molar-refractivity contribution < 1.29 is 19.1 Å². The predicted octanol–water partition coefficient (Wildman–Crippen LogP) is 1.72. The minimum Gasteiger partial charge on any atom is -0.492 e. The van der Waals surface area contributed by atoms with Crippen LogP contribution in [0.5, 0.6) is 5.75 Å². The molecule has 0 radical (unpaired) electrons. The van der Waals surface area contributed by atoms with Crippen LogP contribution in [0.1, 0.15) is 9.67 Å². The summed E-state index contributed by atoms with van der Waals surface area (Å²) in [5, 5.41) is 2.43. The van der Waals surface area contributed by atoms with Crippen LogP contribution in [0.3, 0.4) is 0 Å². The molecular formula is C18H22N4O4S. The molecule has 0 bridgehead atoms. The van der Waals surface area contributed by atoms with Crippen molar-refractivity contribution in [3.8, 4) is 16.2 Å². The molecule has 3 rings (SSSR count). The molecule has 8 nitrogen and oxygen atoms in total. The molecule has 9 heteroatoms. The third-order valence-corrected chi connectivity index (χ3v) is 5.31. The highest BCUT2D eigenvalue weighted by atomic mass is 32.1. The highest BCUT2D eigenvalue weighted by Crippen LogP contribution is 2.35. The van der Waals surface area contributed by atoms with Crippen molar-refractivity contribution in [1.82, 2.24) is 4.90 Å². The number of thiophene rings is 1. The number of carbonyl (C=O) groups excluding carboxylic acids is 2. The summed E-state index contributed by atoms with van der Waals surface area (Å²) in [7, 11) is 0. The maximum absolute atomic E-state index is 11.6. The molecule has 1 fully saturated rings. The zero-order chi connectivity index (χ0) is 19.2. The Morgan fingerprint density at radius 3 is 2.70 bits per heavy atom. The molecule has 1 aliphatic heterocycles. The van der Waals surface area contributed by atoms with Crippen LogP contribution in [-0.4, -0.2) is 56.3 Å². The van der Waals surface area contributed by atoms with Gasteiger partial charge in [-0.15, -0.1) is 11.3 Å². The molecule has 0 aliphatic carbocycles. The molecule has 27 heavy (non-hydrogen) atoms. The number of nitrogens with two attached hydrogens (primary N) is 2. The molecular weight excluding hydrogens is 368 g/mol. The number of morpholine rings is 1. The van der Waals surface area contributed by atoms with E-state index in [0.29, 0.717) is 12.3 Å². The molecule has 0 saturated carbocycles. The normalized spacial score (nSPS) is 14.7. The first-order chi connectivity index (χ1) is 13.0. The van der Waals surface area contributed by atoms with Crippen LogP contribution in [0.25, 0.3) is 10.4 Å². The van der Waals surface area contributed by atoms with E-state index < -0.39 is 11.9 Å². The summed E-state index contributed by atoms with van der Waals surface area (Å²) < 4.78 is 11.2. The number of rotatable bonds is 7. The number of anilines is 1. The fourth-order valence-electron chi connectivity index (χ4n) is 2.80. The molecule has 0 spiro atoms. The number of ether oxygens (including phenoxy) is 2. The van der Waals surface area contributed by atoms with Gasteiger partial charge in [0.15, 0.2) is 0 Å². The molecule has 2 aromatic rings. The van der Waals surface area contributed by atoms with E-state index in [1.54, 1.807) is 6.07 Å². The zero-order valence-electron chi connectivity index (χ0n) is 14.8.